The van der Waals surface area contributed by atoms with Crippen LogP contribution in [0.5, 0.6) is 0 Å². The van der Waals surface area contributed by atoms with Crippen molar-refractivity contribution in [1.29, 1.82) is 5.26 Å². The van der Waals surface area contributed by atoms with Gasteiger partial charge in [0, 0.05) is 72.8 Å². The second kappa shape index (κ2) is 11.2. The lowest BCUT2D eigenvalue weighted by Gasteiger charge is -2.33. The number of likely N-dealkylation sites (tertiary alicyclic amines) is 1. The Morgan fingerprint density at radius 3 is 2.73 bits per heavy atom. The van der Waals surface area contributed by atoms with Crippen LogP contribution in [0.3, 0.4) is 0 Å². The van der Waals surface area contributed by atoms with Crippen LogP contribution in [0.15, 0.2) is 29.6 Å². The number of carbonyl (C=O) groups is 1. The molecule has 0 saturated carbocycles. The van der Waals surface area contributed by atoms with Crippen molar-refractivity contribution in [2.24, 2.45) is 5.92 Å². The van der Waals surface area contributed by atoms with Crippen LogP contribution in [-0.4, -0.2) is 62.4 Å². The van der Waals surface area contributed by atoms with Crippen LogP contribution in [0.1, 0.15) is 48.1 Å². The maximum Gasteiger partial charge on any atom is 0.390 e. The first-order valence-electron chi connectivity index (χ1n) is 14.0. The van der Waals surface area contributed by atoms with E-state index < -0.39 is 17.8 Å². The predicted molar refractivity (Wildman–Crippen MR) is 150 cm³/mol. The van der Waals surface area contributed by atoms with Crippen LogP contribution in [0, 0.1) is 24.2 Å². The monoisotopic (exact) mass is 583 g/mol. The number of fused-ring (bicyclic) bond motifs is 2. The van der Waals surface area contributed by atoms with Crippen LogP contribution < -0.4 is 10.6 Å². The largest absolute Gasteiger partial charge is 0.390 e. The molecule has 1 aromatic carbocycles. The van der Waals surface area contributed by atoms with Crippen LogP contribution in [0.2, 0.25) is 0 Å². The lowest BCUT2D eigenvalue weighted by Crippen LogP contribution is -2.39. The topological polar surface area (TPSA) is 98.9 Å². The predicted octanol–water partition coefficient (Wildman–Crippen LogP) is 4.79. The lowest BCUT2D eigenvalue weighted by molar-refractivity contribution is -0.134. The number of benzene rings is 1. The molecule has 3 aliphatic rings. The van der Waals surface area contributed by atoms with Crippen molar-refractivity contribution >= 4 is 34.4 Å². The minimum Gasteiger partial charge on any atom is -0.367 e. The fourth-order valence-electron chi connectivity index (χ4n) is 6.31. The lowest BCUT2D eigenvalue weighted by atomic mass is 10.0. The van der Waals surface area contributed by atoms with Crippen LogP contribution in [0.25, 0.3) is 10.9 Å². The SMILES string of the molecule is Cc1c(CN2CCC(Nc3ncnc4c3CC(CC(F)(F)F)S4)CC2)ccc2c1cc(C#N)n2CC1CNC(=O)C1. The van der Waals surface area contributed by atoms with Gasteiger partial charge in [-0.2, -0.15) is 18.4 Å². The fourth-order valence-corrected chi connectivity index (χ4v) is 7.58. The number of carbonyl (C=O) groups excluding carboxylic acids is 1. The molecule has 8 nitrogen and oxygen atoms in total. The second-order valence-electron chi connectivity index (χ2n) is 11.4. The Morgan fingerprint density at radius 1 is 1.22 bits per heavy atom. The molecule has 0 bridgehead atoms. The molecule has 1 amide bonds. The minimum absolute atomic E-state index is 0.0666. The zero-order chi connectivity index (χ0) is 28.7. The number of hydrogen-bond acceptors (Lipinski definition) is 7. The molecule has 12 heteroatoms. The Kier molecular flexibility index (Phi) is 7.59. The third kappa shape index (κ3) is 6.02. The van der Waals surface area contributed by atoms with Gasteiger partial charge < -0.3 is 15.2 Å². The molecule has 3 aliphatic heterocycles. The first-order chi connectivity index (χ1) is 19.7. The zero-order valence-corrected chi connectivity index (χ0v) is 23.6. The Balaban J connectivity index is 1.08. The third-order valence-corrected chi connectivity index (χ3v) is 9.72. The number of nitrogens with zero attached hydrogens (tertiary/aromatic N) is 5. The maximum absolute atomic E-state index is 12.9. The van der Waals surface area contributed by atoms with Gasteiger partial charge >= 0.3 is 6.18 Å². The Bertz CT molecular complexity index is 1510. The molecule has 2 N–H and O–H groups in total. The van der Waals surface area contributed by atoms with Crippen LogP contribution in [0.4, 0.5) is 19.0 Å². The molecular formula is C29H32F3N7OS. The summed E-state index contributed by atoms with van der Waals surface area (Å²) >= 11 is 1.20. The molecule has 2 saturated heterocycles. The van der Waals surface area contributed by atoms with E-state index in [0.717, 1.165) is 48.9 Å². The van der Waals surface area contributed by atoms with Crippen LogP contribution >= 0.6 is 11.8 Å². The molecule has 0 spiro atoms. The molecule has 41 heavy (non-hydrogen) atoms. The molecule has 2 aromatic heterocycles. The summed E-state index contributed by atoms with van der Waals surface area (Å²) < 4.78 is 40.8. The highest BCUT2D eigenvalue weighted by molar-refractivity contribution is 8.00. The van der Waals surface area contributed by atoms with E-state index in [4.69, 9.17) is 0 Å². The van der Waals surface area contributed by atoms with E-state index in [0.29, 0.717) is 42.5 Å². The highest BCUT2D eigenvalue weighted by atomic mass is 32.2. The number of thioether (sulfide) groups is 1. The van der Waals surface area contributed by atoms with Crippen LogP contribution in [-0.2, 0) is 24.3 Å². The smallest absolute Gasteiger partial charge is 0.367 e. The van der Waals surface area contributed by atoms with E-state index in [9.17, 15) is 23.2 Å². The highest BCUT2D eigenvalue weighted by Gasteiger charge is 2.37. The molecule has 6 rings (SSSR count). The Hall–Kier alpha value is -3.30. The summed E-state index contributed by atoms with van der Waals surface area (Å²) in [6.45, 7) is 5.98. The standard InChI is InChI=1S/C29H32F3N7OS/c1-17-19(2-3-25-23(17)9-21(12-33)39(25)14-18-8-26(40)34-13-18)15-38-6-4-20(5-7-38)37-27-24-10-22(11-29(30,31)32)41-28(24)36-16-35-27/h2-3,9,16,18,20,22H,4-8,10-11,13-15H2,1H3,(H,34,40)(H,35,36,37). The van der Waals surface area contributed by atoms with Gasteiger partial charge in [0.2, 0.25) is 5.91 Å². The Morgan fingerprint density at radius 2 is 2.02 bits per heavy atom. The van der Waals surface area contributed by atoms with E-state index in [1.54, 1.807) is 0 Å². The van der Waals surface area contributed by atoms with Crippen molar-refractivity contribution in [3.63, 3.8) is 0 Å². The number of halogens is 3. The number of piperidine rings is 1. The van der Waals surface area contributed by atoms with Crippen molar-refractivity contribution < 1.29 is 18.0 Å². The molecule has 216 valence electrons. The quantitative estimate of drug-likeness (QED) is 0.386. The molecule has 5 heterocycles. The van der Waals surface area contributed by atoms with E-state index in [1.165, 1.54) is 29.2 Å². The van der Waals surface area contributed by atoms with Crippen molar-refractivity contribution in [3.8, 4) is 6.07 Å². The highest BCUT2D eigenvalue weighted by Crippen LogP contribution is 2.43. The number of aromatic nitrogens is 3. The summed E-state index contributed by atoms with van der Waals surface area (Å²) in [7, 11) is 0. The molecule has 2 unspecified atom stereocenters. The number of anilines is 1. The molecule has 2 fully saturated rings. The summed E-state index contributed by atoms with van der Waals surface area (Å²) in [5.41, 5.74) is 4.84. The number of nitriles is 1. The number of aryl methyl sites for hydroxylation is 1. The summed E-state index contributed by atoms with van der Waals surface area (Å²) in [6.07, 6.45) is -0.943. The summed E-state index contributed by atoms with van der Waals surface area (Å²) in [4.78, 5) is 22.7. The van der Waals surface area contributed by atoms with E-state index in [-0.39, 0.29) is 17.9 Å². The summed E-state index contributed by atoms with van der Waals surface area (Å²) in [5.74, 6) is 0.919. The molecular weight excluding hydrogens is 551 g/mol. The Labute approximate surface area is 240 Å². The van der Waals surface area contributed by atoms with Crippen molar-refractivity contribution in [2.45, 2.75) is 74.6 Å². The van der Waals surface area contributed by atoms with Crippen molar-refractivity contribution in [2.75, 3.05) is 25.0 Å². The zero-order valence-electron chi connectivity index (χ0n) is 22.8. The number of amides is 1. The van der Waals surface area contributed by atoms with Gasteiger partial charge in [-0.1, -0.05) is 6.07 Å². The third-order valence-electron chi connectivity index (χ3n) is 8.48. The van der Waals surface area contributed by atoms with Crippen molar-refractivity contribution in [3.05, 3.63) is 46.9 Å². The summed E-state index contributed by atoms with van der Waals surface area (Å²) in [6, 6.07) is 8.74. The number of nitrogens with one attached hydrogen (secondary N) is 2. The van der Waals surface area contributed by atoms with Gasteiger partial charge in [0.05, 0.1) is 6.42 Å². The molecule has 3 aromatic rings. The maximum atomic E-state index is 12.9. The van der Waals surface area contributed by atoms with Gasteiger partial charge in [-0.05, 0) is 49.4 Å². The average molecular weight is 584 g/mol. The van der Waals surface area contributed by atoms with Gasteiger partial charge in [0.15, 0.2) is 0 Å². The van der Waals surface area contributed by atoms with Crippen molar-refractivity contribution in [1.82, 2.24) is 24.8 Å². The number of alkyl halides is 3. The normalized spacial score (nSPS) is 21.7. The van der Waals surface area contributed by atoms with Gasteiger partial charge in [0.1, 0.15) is 28.9 Å². The second-order valence-corrected chi connectivity index (χ2v) is 12.7. The molecule has 2 atom stereocenters. The van der Waals surface area contributed by atoms with E-state index >= 15 is 0 Å². The minimum atomic E-state index is -4.19. The van der Waals surface area contributed by atoms with E-state index in [2.05, 4.69) is 50.6 Å². The first kappa shape index (κ1) is 27.8. The van der Waals surface area contributed by atoms with Gasteiger partial charge in [-0.15, -0.1) is 11.8 Å². The fraction of sp³-hybridized carbons (Fsp3) is 0.517. The van der Waals surface area contributed by atoms with Gasteiger partial charge in [-0.25, -0.2) is 9.97 Å². The average Bonchev–Trinajstić information content (AvgIpc) is 3.63. The first-order valence-corrected chi connectivity index (χ1v) is 14.9. The number of hydrogen-bond donors (Lipinski definition) is 2. The summed E-state index contributed by atoms with van der Waals surface area (Å²) in [5, 5.41) is 17.3. The van der Waals surface area contributed by atoms with E-state index in [1.807, 2.05) is 10.6 Å². The molecule has 0 aliphatic carbocycles. The number of rotatable bonds is 7. The van der Waals surface area contributed by atoms with Gasteiger partial charge in [-0.3, -0.25) is 9.69 Å². The van der Waals surface area contributed by atoms with Gasteiger partial charge in [0.25, 0.3) is 0 Å². The molecule has 0 radical (unpaired) electrons.